The van der Waals surface area contributed by atoms with Crippen LogP contribution >= 0.6 is 0 Å². The van der Waals surface area contributed by atoms with Crippen LogP contribution in [0.4, 0.5) is 0 Å². The molecule has 2 rings (SSSR count). The number of carbonyl (C=O) groups is 2. The zero-order chi connectivity index (χ0) is 20.5. The van der Waals surface area contributed by atoms with Crippen LogP contribution in [-0.4, -0.2) is 18.9 Å². The number of ether oxygens (including phenoxy) is 1. The molecule has 5 nitrogen and oxygen atoms in total. The minimum Gasteiger partial charge on any atom is -0.497 e. The molecule has 0 bridgehead atoms. The highest BCUT2D eigenvalue weighted by atomic mass is 16.5. The second-order valence-corrected chi connectivity index (χ2v) is 7.39. The largest absolute Gasteiger partial charge is 0.497 e. The van der Waals surface area contributed by atoms with Crippen molar-refractivity contribution in [3.8, 4) is 5.75 Å². The van der Waals surface area contributed by atoms with Crippen molar-refractivity contribution < 1.29 is 14.3 Å². The van der Waals surface area contributed by atoms with E-state index in [1.807, 2.05) is 54.6 Å². The van der Waals surface area contributed by atoms with Crippen molar-refractivity contribution in [1.29, 1.82) is 0 Å². The van der Waals surface area contributed by atoms with Gasteiger partial charge in [0.2, 0.25) is 11.8 Å². The summed E-state index contributed by atoms with van der Waals surface area (Å²) in [6.07, 6.45) is 1.02. The molecule has 0 saturated heterocycles. The SMILES string of the molecule is COc1ccc(C(CC(=O)NC(CC(C)C)c2ccccc2)NC(C)=O)cc1. The number of amides is 2. The molecular weight excluding hydrogens is 352 g/mol. The number of rotatable bonds is 9. The Morgan fingerprint density at radius 3 is 2.04 bits per heavy atom. The minimum absolute atomic E-state index is 0.0532. The molecule has 0 aliphatic rings. The number of hydrogen-bond donors (Lipinski definition) is 2. The fourth-order valence-electron chi connectivity index (χ4n) is 3.21. The molecule has 0 saturated carbocycles. The van der Waals surface area contributed by atoms with Crippen LogP contribution in [0.25, 0.3) is 0 Å². The van der Waals surface area contributed by atoms with Gasteiger partial charge in [0.1, 0.15) is 5.75 Å². The van der Waals surface area contributed by atoms with Crippen LogP contribution in [0, 0.1) is 5.92 Å². The smallest absolute Gasteiger partial charge is 0.222 e. The Labute approximate surface area is 167 Å². The summed E-state index contributed by atoms with van der Waals surface area (Å²) < 4.78 is 5.18. The van der Waals surface area contributed by atoms with E-state index in [1.54, 1.807) is 7.11 Å². The number of methoxy groups -OCH3 is 1. The van der Waals surface area contributed by atoms with Crippen LogP contribution in [-0.2, 0) is 9.59 Å². The van der Waals surface area contributed by atoms with Gasteiger partial charge in [0.15, 0.2) is 0 Å². The van der Waals surface area contributed by atoms with Gasteiger partial charge in [0, 0.05) is 6.92 Å². The van der Waals surface area contributed by atoms with Gasteiger partial charge in [-0.05, 0) is 35.6 Å². The molecular formula is C23H30N2O3. The molecule has 0 radical (unpaired) electrons. The summed E-state index contributed by atoms with van der Waals surface area (Å²) in [6, 6.07) is 16.9. The number of hydrogen-bond acceptors (Lipinski definition) is 3. The van der Waals surface area contributed by atoms with Gasteiger partial charge in [-0.3, -0.25) is 9.59 Å². The van der Waals surface area contributed by atoms with Gasteiger partial charge in [0.05, 0.1) is 25.6 Å². The molecule has 0 heterocycles. The van der Waals surface area contributed by atoms with Crippen molar-refractivity contribution in [3.05, 3.63) is 65.7 Å². The lowest BCUT2D eigenvalue weighted by Crippen LogP contribution is -2.34. The Hall–Kier alpha value is -2.82. The first-order valence-electron chi connectivity index (χ1n) is 9.64. The van der Waals surface area contributed by atoms with E-state index in [2.05, 4.69) is 24.5 Å². The summed E-state index contributed by atoms with van der Waals surface area (Å²) in [7, 11) is 1.60. The summed E-state index contributed by atoms with van der Waals surface area (Å²) in [5.74, 6) is 0.911. The predicted octanol–water partition coefficient (Wildman–Crippen LogP) is 4.17. The average Bonchev–Trinajstić information content (AvgIpc) is 2.67. The Morgan fingerprint density at radius 1 is 0.893 bits per heavy atom. The minimum atomic E-state index is -0.390. The highest BCUT2D eigenvalue weighted by Gasteiger charge is 2.21. The Bertz CT molecular complexity index is 757. The predicted molar refractivity (Wildman–Crippen MR) is 111 cm³/mol. The lowest BCUT2D eigenvalue weighted by Gasteiger charge is -2.23. The summed E-state index contributed by atoms with van der Waals surface area (Å²) in [4.78, 5) is 24.5. The fourth-order valence-corrected chi connectivity index (χ4v) is 3.21. The Kier molecular flexibility index (Phi) is 8.05. The van der Waals surface area contributed by atoms with Crippen LogP contribution in [0.1, 0.15) is 56.8 Å². The first-order valence-corrected chi connectivity index (χ1v) is 9.64. The zero-order valence-corrected chi connectivity index (χ0v) is 17.1. The molecule has 2 N–H and O–H groups in total. The summed E-state index contributed by atoms with van der Waals surface area (Å²) in [5.41, 5.74) is 1.95. The van der Waals surface area contributed by atoms with Crippen molar-refractivity contribution in [3.63, 3.8) is 0 Å². The monoisotopic (exact) mass is 382 g/mol. The fraction of sp³-hybridized carbons (Fsp3) is 0.391. The van der Waals surface area contributed by atoms with E-state index >= 15 is 0 Å². The van der Waals surface area contributed by atoms with Crippen LogP contribution in [0.3, 0.4) is 0 Å². The quantitative estimate of drug-likeness (QED) is 0.684. The average molecular weight is 383 g/mol. The molecule has 0 aliphatic carbocycles. The van der Waals surface area contributed by atoms with Gasteiger partial charge in [0.25, 0.3) is 0 Å². The zero-order valence-electron chi connectivity index (χ0n) is 17.1. The van der Waals surface area contributed by atoms with E-state index in [1.165, 1.54) is 6.92 Å². The first kappa shape index (κ1) is 21.5. The number of carbonyl (C=O) groups excluding carboxylic acids is 2. The first-order chi connectivity index (χ1) is 13.4. The van der Waals surface area contributed by atoms with E-state index in [9.17, 15) is 9.59 Å². The molecule has 2 unspecified atom stereocenters. The third-order valence-corrected chi connectivity index (χ3v) is 4.53. The lowest BCUT2D eigenvalue weighted by molar-refractivity contribution is -0.123. The van der Waals surface area contributed by atoms with E-state index in [-0.39, 0.29) is 30.3 Å². The maximum atomic E-state index is 12.8. The van der Waals surface area contributed by atoms with Crippen molar-refractivity contribution in [1.82, 2.24) is 10.6 Å². The lowest BCUT2D eigenvalue weighted by atomic mass is 9.96. The standard InChI is InChI=1S/C23H30N2O3/c1-16(2)14-21(18-8-6-5-7-9-18)25-23(27)15-22(24-17(3)26)19-10-12-20(28-4)13-11-19/h5-13,16,21-22H,14-15H2,1-4H3,(H,24,26)(H,25,27). The van der Waals surface area contributed by atoms with Crippen LogP contribution in [0.5, 0.6) is 5.75 Å². The number of nitrogens with one attached hydrogen (secondary N) is 2. The molecule has 150 valence electrons. The highest BCUT2D eigenvalue weighted by Crippen LogP contribution is 2.24. The van der Waals surface area contributed by atoms with Gasteiger partial charge < -0.3 is 15.4 Å². The third-order valence-electron chi connectivity index (χ3n) is 4.53. The second-order valence-electron chi connectivity index (χ2n) is 7.39. The molecule has 0 fully saturated rings. The molecule has 0 aromatic heterocycles. The molecule has 28 heavy (non-hydrogen) atoms. The van der Waals surface area contributed by atoms with Crippen LogP contribution in [0.15, 0.2) is 54.6 Å². The van der Waals surface area contributed by atoms with Gasteiger partial charge in [-0.1, -0.05) is 56.3 Å². The van der Waals surface area contributed by atoms with E-state index in [4.69, 9.17) is 4.74 Å². The Morgan fingerprint density at radius 2 is 1.50 bits per heavy atom. The molecule has 0 spiro atoms. The molecule has 2 atom stereocenters. The van der Waals surface area contributed by atoms with E-state index in [0.717, 1.165) is 23.3 Å². The number of benzene rings is 2. The van der Waals surface area contributed by atoms with Gasteiger partial charge in [-0.15, -0.1) is 0 Å². The van der Waals surface area contributed by atoms with E-state index in [0.29, 0.717) is 5.92 Å². The maximum Gasteiger partial charge on any atom is 0.222 e. The second kappa shape index (κ2) is 10.5. The van der Waals surface area contributed by atoms with E-state index < -0.39 is 0 Å². The van der Waals surface area contributed by atoms with Gasteiger partial charge in [-0.2, -0.15) is 0 Å². The molecule has 2 aromatic carbocycles. The van der Waals surface area contributed by atoms with Crippen molar-refractivity contribution in [2.24, 2.45) is 5.92 Å². The maximum absolute atomic E-state index is 12.8. The molecule has 2 aromatic rings. The molecule has 2 amide bonds. The van der Waals surface area contributed by atoms with Crippen molar-refractivity contribution >= 4 is 11.8 Å². The van der Waals surface area contributed by atoms with Crippen LogP contribution < -0.4 is 15.4 Å². The van der Waals surface area contributed by atoms with Crippen molar-refractivity contribution in [2.45, 2.75) is 45.7 Å². The van der Waals surface area contributed by atoms with Gasteiger partial charge >= 0.3 is 0 Å². The summed E-state index contributed by atoms with van der Waals surface area (Å²) >= 11 is 0. The topological polar surface area (TPSA) is 67.4 Å². The molecule has 0 aliphatic heterocycles. The normalized spacial score (nSPS) is 12.9. The molecule has 5 heteroatoms. The van der Waals surface area contributed by atoms with Crippen LogP contribution in [0.2, 0.25) is 0 Å². The van der Waals surface area contributed by atoms with Crippen molar-refractivity contribution in [2.75, 3.05) is 7.11 Å². The Balaban J connectivity index is 2.13. The van der Waals surface area contributed by atoms with Gasteiger partial charge in [-0.25, -0.2) is 0 Å². The summed E-state index contributed by atoms with van der Waals surface area (Å²) in [6.45, 7) is 5.74. The highest BCUT2D eigenvalue weighted by molar-refractivity contribution is 5.79. The summed E-state index contributed by atoms with van der Waals surface area (Å²) in [5, 5.41) is 6.02. The third kappa shape index (κ3) is 6.72.